The quantitative estimate of drug-likeness (QED) is 0.756. The van der Waals surface area contributed by atoms with E-state index in [-0.39, 0.29) is 0 Å². The van der Waals surface area contributed by atoms with Gasteiger partial charge in [0, 0.05) is 5.33 Å². The van der Waals surface area contributed by atoms with E-state index in [4.69, 9.17) is 4.74 Å². The molecule has 0 aromatic heterocycles. The van der Waals surface area contributed by atoms with Crippen LogP contribution < -0.4 is 4.74 Å². The van der Waals surface area contributed by atoms with Gasteiger partial charge in [-0.3, -0.25) is 0 Å². The van der Waals surface area contributed by atoms with Crippen molar-refractivity contribution < 1.29 is 4.74 Å². The molecule has 0 aliphatic heterocycles. The Labute approximate surface area is 102 Å². The largest absolute Gasteiger partial charge is 0.492 e. The fourth-order valence-corrected chi connectivity index (χ4v) is 1.79. The number of rotatable bonds is 4. The van der Waals surface area contributed by atoms with Crippen LogP contribution in [0.15, 0.2) is 22.7 Å². The summed E-state index contributed by atoms with van der Waals surface area (Å²) in [4.78, 5) is 0. The van der Waals surface area contributed by atoms with E-state index in [0.29, 0.717) is 5.92 Å². The zero-order chi connectivity index (χ0) is 10.6. The topological polar surface area (TPSA) is 9.23 Å². The first-order valence-electron chi connectivity index (χ1n) is 4.58. The third-order valence-electron chi connectivity index (χ3n) is 1.87. The maximum atomic E-state index is 5.67. The van der Waals surface area contributed by atoms with Gasteiger partial charge in [-0.15, -0.1) is 0 Å². The standard InChI is InChI=1S/C11H14Br2O/c1-8-3-4-11(10(13)5-8)14-7-9(2)6-12/h3-5,9H,6-7H2,1-2H3. The van der Waals surface area contributed by atoms with Crippen LogP contribution in [0.5, 0.6) is 5.75 Å². The second-order valence-corrected chi connectivity index (χ2v) is 5.01. The molecule has 0 heterocycles. The lowest BCUT2D eigenvalue weighted by Crippen LogP contribution is -2.09. The number of halogens is 2. The fraction of sp³-hybridized carbons (Fsp3) is 0.455. The van der Waals surface area contributed by atoms with E-state index in [1.807, 2.05) is 6.07 Å². The summed E-state index contributed by atoms with van der Waals surface area (Å²) in [5.74, 6) is 1.45. The van der Waals surface area contributed by atoms with Crippen molar-refractivity contribution in [2.75, 3.05) is 11.9 Å². The molecule has 0 N–H and O–H groups in total. The molecule has 0 aliphatic carbocycles. The van der Waals surface area contributed by atoms with Gasteiger partial charge in [-0.1, -0.05) is 28.9 Å². The van der Waals surface area contributed by atoms with Gasteiger partial charge in [0.15, 0.2) is 0 Å². The van der Waals surface area contributed by atoms with Crippen LogP contribution in [0.2, 0.25) is 0 Å². The van der Waals surface area contributed by atoms with Crippen LogP contribution in [-0.2, 0) is 0 Å². The van der Waals surface area contributed by atoms with Crippen molar-refractivity contribution in [1.82, 2.24) is 0 Å². The summed E-state index contributed by atoms with van der Waals surface area (Å²) in [5.41, 5.74) is 1.23. The third-order valence-corrected chi connectivity index (χ3v) is 3.60. The average Bonchev–Trinajstić information content (AvgIpc) is 2.16. The van der Waals surface area contributed by atoms with E-state index in [0.717, 1.165) is 22.2 Å². The Morgan fingerprint density at radius 3 is 2.71 bits per heavy atom. The molecular weight excluding hydrogens is 308 g/mol. The molecule has 1 aromatic rings. The Kier molecular flexibility index (Phi) is 4.96. The molecule has 1 unspecified atom stereocenters. The SMILES string of the molecule is Cc1ccc(OCC(C)CBr)c(Br)c1. The van der Waals surface area contributed by atoms with Crippen molar-refractivity contribution >= 4 is 31.9 Å². The summed E-state index contributed by atoms with van der Waals surface area (Å²) in [6.45, 7) is 4.96. The van der Waals surface area contributed by atoms with E-state index in [2.05, 4.69) is 57.8 Å². The molecule has 0 fully saturated rings. The summed E-state index contributed by atoms with van der Waals surface area (Å²) in [5, 5.41) is 0.969. The lowest BCUT2D eigenvalue weighted by atomic mass is 10.2. The van der Waals surface area contributed by atoms with Gasteiger partial charge < -0.3 is 4.74 Å². The van der Waals surface area contributed by atoms with Gasteiger partial charge in [-0.05, 0) is 46.5 Å². The van der Waals surface area contributed by atoms with Gasteiger partial charge in [0.2, 0.25) is 0 Å². The lowest BCUT2D eigenvalue weighted by Gasteiger charge is -2.11. The fourth-order valence-electron chi connectivity index (χ4n) is 1.000. The Bertz CT molecular complexity index is 299. The number of alkyl halides is 1. The first-order chi connectivity index (χ1) is 6.63. The first kappa shape index (κ1) is 12.1. The predicted octanol–water partition coefficient (Wildman–Crippen LogP) is 4.17. The second-order valence-electron chi connectivity index (χ2n) is 3.50. The van der Waals surface area contributed by atoms with Crippen LogP contribution in [-0.4, -0.2) is 11.9 Å². The molecule has 78 valence electrons. The monoisotopic (exact) mass is 320 g/mol. The summed E-state index contributed by atoms with van der Waals surface area (Å²) in [6.07, 6.45) is 0. The van der Waals surface area contributed by atoms with E-state index in [1.165, 1.54) is 5.56 Å². The second kappa shape index (κ2) is 5.76. The summed E-state index contributed by atoms with van der Waals surface area (Å²) < 4.78 is 6.69. The molecule has 0 spiro atoms. The average molecular weight is 322 g/mol. The van der Waals surface area contributed by atoms with Crippen molar-refractivity contribution in [2.24, 2.45) is 5.92 Å². The molecular formula is C11H14Br2O. The molecule has 0 bridgehead atoms. The first-order valence-corrected chi connectivity index (χ1v) is 6.50. The molecule has 0 saturated heterocycles. The van der Waals surface area contributed by atoms with Crippen LogP contribution in [0.1, 0.15) is 12.5 Å². The highest BCUT2D eigenvalue weighted by atomic mass is 79.9. The van der Waals surface area contributed by atoms with Gasteiger partial charge >= 0.3 is 0 Å². The van der Waals surface area contributed by atoms with Crippen molar-refractivity contribution in [2.45, 2.75) is 13.8 Å². The molecule has 0 amide bonds. The molecule has 14 heavy (non-hydrogen) atoms. The molecule has 1 atom stereocenters. The molecule has 0 aliphatic rings. The summed E-state index contributed by atoms with van der Waals surface area (Å²) in [6, 6.07) is 6.12. The van der Waals surface area contributed by atoms with E-state index in [9.17, 15) is 0 Å². The van der Waals surface area contributed by atoms with E-state index < -0.39 is 0 Å². The Balaban J connectivity index is 2.59. The molecule has 3 heteroatoms. The van der Waals surface area contributed by atoms with Crippen molar-refractivity contribution in [3.63, 3.8) is 0 Å². The van der Waals surface area contributed by atoms with Crippen molar-refractivity contribution in [3.8, 4) is 5.75 Å². The molecule has 0 saturated carbocycles. The van der Waals surface area contributed by atoms with Gasteiger partial charge in [-0.2, -0.15) is 0 Å². The van der Waals surface area contributed by atoms with Crippen LogP contribution in [0.25, 0.3) is 0 Å². The van der Waals surface area contributed by atoms with Crippen LogP contribution in [0.3, 0.4) is 0 Å². The Hall–Kier alpha value is -0.0200. The predicted molar refractivity (Wildman–Crippen MR) is 67.3 cm³/mol. The van der Waals surface area contributed by atoms with E-state index in [1.54, 1.807) is 0 Å². The van der Waals surface area contributed by atoms with Crippen molar-refractivity contribution in [1.29, 1.82) is 0 Å². The molecule has 0 radical (unpaired) electrons. The molecule has 1 rings (SSSR count). The number of benzene rings is 1. The third kappa shape index (κ3) is 3.62. The van der Waals surface area contributed by atoms with Crippen LogP contribution in [0, 0.1) is 12.8 Å². The lowest BCUT2D eigenvalue weighted by molar-refractivity contribution is 0.272. The summed E-state index contributed by atoms with van der Waals surface area (Å²) >= 11 is 6.91. The van der Waals surface area contributed by atoms with Gasteiger partial charge in [0.05, 0.1) is 11.1 Å². The highest BCUT2D eigenvalue weighted by molar-refractivity contribution is 9.10. The molecule has 1 nitrogen and oxygen atoms in total. The van der Waals surface area contributed by atoms with Gasteiger partial charge in [0.1, 0.15) is 5.75 Å². The zero-order valence-electron chi connectivity index (χ0n) is 8.39. The summed E-state index contributed by atoms with van der Waals surface area (Å²) in [7, 11) is 0. The van der Waals surface area contributed by atoms with E-state index >= 15 is 0 Å². The smallest absolute Gasteiger partial charge is 0.133 e. The van der Waals surface area contributed by atoms with Crippen molar-refractivity contribution in [3.05, 3.63) is 28.2 Å². The zero-order valence-corrected chi connectivity index (χ0v) is 11.6. The minimum absolute atomic E-state index is 0.531. The number of ether oxygens (including phenoxy) is 1. The Morgan fingerprint density at radius 1 is 1.43 bits per heavy atom. The number of hydrogen-bond donors (Lipinski definition) is 0. The molecule has 1 aromatic carbocycles. The minimum Gasteiger partial charge on any atom is -0.492 e. The van der Waals surface area contributed by atoms with Crippen LogP contribution >= 0.6 is 31.9 Å². The highest BCUT2D eigenvalue weighted by Crippen LogP contribution is 2.26. The highest BCUT2D eigenvalue weighted by Gasteiger charge is 2.04. The van der Waals surface area contributed by atoms with Gasteiger partial charge in [-0.25, -0.2) is 0 Å². The van der Waals surface area contributed by atoms with Crippen LogP contribution in [0.4, 0.5) is 0 Å². The number of aryl methyl sites for hydroxylation is 1. The maximum absolute atomic E-state index is 5.67. The van der Waals surface area contributed by atoms with Gasteiger partial charge in [0.25, 0.3) is 0 Å². The minimum atomic E-state index is 0.531. The normalized spacial score (nSPS) is 12.6. The maximum Gasteiger partial charge on any atom is 0.133 e. The Morgan fingerprint density at radius 2 is 2.14 bits per heavy atom. The number of hydrogen-bond acceptors (Lipinski definition) is 1.